The van der Waals surface area contributed by atoms with Crippen LogP contribution in [0.2, 0.25) is 0 Å². The molecule has 102 valence electrons. The minimum absolute atomic E-state index is 0.253. The number of hydrazine groups is 1. The molecule has 2 nitrogen and oxygen atoms in total. The smallest absolute Gasteiger partial charge is 0.129 e. The summed E-state index contributed by atoms with van der Waals surface area (Å²) < 4.78 is 28.4. The highest BCUT2D eigenvalue weighted by molar-refractivity contribution is 9.12. The van der Waals surface area contributed by atoms with Crippen molar-refractivity contribution < 1.29 is 8.78 Å². The monoisotopic (exact) mass is 410 g/mol. The van der Waals surface area contributed by atoms with Gasteiger partial charge >= 0.3 is 0 Å². The first-order valence-electron chi connectivity index (χ1n) is 5.36. The summed E-state index contributed by atoms with van der Waals surface area (Å²) in [4.78, 5) is 0. The van der Waals surface area contributed by atoms with Crippen LogP contribution < -0.4 is 11.3 Å². The maximum absolute atomic E-state index is 13.6. The van der Waals surface area contributed by atoms with E-state index in [1.165, 1.54) is 23.5 Å². The van der Waals surface area contributed by atoms with Crippen LogP contribution in [0.5, 0.6) is 0 Å². The molecule has 1 unspecified atom stereocenters. The molecule has 0 aliphatic rings. The van der Waals surface area contributed by atoms with Gasteiger partial charge in [-0.2, -0.15) is 0 Å². The van der Waals surface area contributed by atoms with Crippen molar-refractivity contribution in [1.29, 1.82) is 0 Å². The molecule has 1 aromatic heterocycles. The molecule has 0 aliphatic carbocycles. The lowest BCUT2D eigenvalue weighted by molar-refractivity contribution is 0.522. The van der Waals surface area contributed by atoms with Crippen molar-refractivity contribution in [2.45, 2.75) is 12.5 Å². The second-order valence-corrected chi connectivity index (χ2v) is 7.69. The number of halogens is 4. The molecule has 19 heavy (non-hydrogen) atoms. The van der Waals surface area contributed by atoms with Gasteiger partial charge in [-0.25, -0.2) is 8.78 Å². The Labute approximate surface area is 130 Å². The first kappa shape index (κ1) is 15.1. The van der Waals surface area contributed by atoms with E-state index in [4.69, 9.17) is 5.84 Å². The number of nitrogens with two attached hydrogens (primary N) is 1. The number of nitrogens with one attached hydrogen (secondary N) is 1. The van der Waals surface area contributed by atoms with Crippen molar-refractivity contribution >= 4 is 43.2 Å². The van der Waals surface area contributed by atoms with Crippen LogP contribution in [0.25, 0.3) is 0 Å². The zero-order valence-corrected chi connectivity index (χ0v) is 13.6. The van der Waals surface area contributed by atoms with Gasteiger partial charge in [0.2, 0.25) is 0 Å². The van der Waals surface area contributed by atoms with Gasteiger partial charge in [-0.05, 0) is 61.5 Å². The third-order valence-electron chi connectivity index (χ3n) is 2.70. The van der Waals surface area contributed by atoms with Crippen LogP contribution in [0.1, 0.15) is 17.2 Å². The zero-order valence-electron chi connectivity index (χ0n) is 9.59. The van der Waals surface area contributed by atoms with Gasteiger partial charge in [0.1, 0.15) is 11.6 Å². The largest absolute Gasteiger partial charge is 0.271 e. The number of thiophene rings is 1. The van der Waals surface area contributed by atoms with Crippen LogP contribution in [0.15, 0.2) is 31.8 Å². The van der Waals surface area contributed by atoms with Gasteiger partial charge in [0.05, 0.1) is 13.6 Å². The molecular weight excluding hydrogens is 402 g/mol. The SMILES string of the molecule is NNC(Cc1ccc(F)cc1F)c1cc(Br)sc1Br. The van der Waals surface area contributed by atoms with Crippen LogP contribution >= 0.6 is 43.2 Å². The summed E-state index contributed by atoms with van der Waals surface area (Å²) in [6.07, 6.45) is 0.338. The molecule has 0 spiro atoms. The van der Waals surface area contributed by atoms with Crippen molar-refractivity contribution in [3.63, 3.8) is 0 Å². The Hall–Kier alpha value is -0.340. The van der Waals surface area contributed by atoms with E-state index in [2.05, 4.69) is 37.3 Å². The van der Waals surface area contributed by atoms with E-state index in [0.29, 0.717) is 12.0 Å². The molecule has 1 aromatic carbocycles. The Bertz CT molecular complexity index is 589. The first-order chi connectivity index (χ1) is 9.01. The summed E-state index contributed by atoms with van der Waals surface area (Å²) in [6.45, 7) is 0. The molecule has 0 saturated heterocycles. The van der Waals surface area contributed by atoms with E-state index in [1.54, 1.807) is 0 Å². The minimum Gasteiger partial charge on any atom is -0.271 e. The summed E-state index contributed by atoms with van der Waals surface area (Å²) in [5.41, 5.74) is 4.01. The molecule has 0 amide bonds. The number of rotatable bonds is 4. The average molecular weight is 412 g/mol. The van der Waals surface area contributed by atoms with Gasteiger partial charge in [-0.3, -0.25) is 11.3 Å². The zero-order chi connectivity index (χ0) is 14.0. The molecule has 7 heteroatoms. The highest BCUT2D eigenvalue weighted by Gasteiger charge is 2.18. The topological polar surface area (TPSA) is 38.0 Å². The van der Waals surface area contributed by atoms with Crippen molar-refractivity contribution in [3.05, 3.63) is 54.6 Å². The van der Waals surface area contributed by atoms with Crippen LogP contribution in [0.3, 0.4) is 0 Å². The van der Waals surface area contributed by atoms with Gasteiger partial charge in [0.15, 0.2) is 0 Å². The molecule has 0 radical (unpaired) electrons. The summed E-state index contributed by atoms with van der Waals surface area (Å²) in [6, 6.07) is 5.22. The fourth-order valence-corrected chi connectivity index (χ4v) is 4.73. The third kappa shape index (κ3) is 3.61. The Balaban J connectivity index is 2.26. The summed E-state index contributed by atoms with van der Waals surface area (Å²) >= 11 is 8.34. The van der Waals surface area contributed by atoms with Crippen LogP contribution in [0.4, 0.5) is 8.78 Å². The highest BCUT2D eigenvalue weighted by atomic mass is 79.9. The van der Waals surface area contributed by atoms with Crippen LogP contribution in [0, 0.1) is 11.6 Å². The minimum atomic E-state index is -0.585. The lowest BCUT2D eigenvalue weighted by Crippen LogP contribution is -2.29. The Morgan fingerprint density at radius 2 is 2.00 bits per heavy atom. The van der Waals surface area contributed by atoms with E-state index < -0.39 is 11.6 Å². The average Bonchev–Trinajstić information content (AvgIpc) is 2.68. The fourth-order valence-electron chi connectivity index (χ4n) is 1.76. The van der Waals surface area contributed by atoms with Crippen LogP contribution in [-0.4, -0.2) is 0 Å². The summed E-state index contributed by atoms with van der Waals surface area (Å²) in [7, 11) is 0. The van der Waals surface area contributed by atoms with Crippen molar-refractivity contribution in [2.75, 3.05) is 0 Å². The lowest BCUT2D eigenvalue weighted by Gasteiger charge is -2.16. The third-order valence-corrected chi connectivity index (χ3v) is 5.08. The van der Waals surface area contributed by atoms with Crippen LogP contribution in [-0.2, 0) is 6.42 Å². The van der Waals surface area contributed by atoms with E-state index >= 15 is 0 Å². The number of hydrogen-bond acceptors (Lipinski definition) is 3. The van der Waals surface area contributed by atoms with Crippen molar-refractivity contribution in [1.82, 2.24) is 5.43 Å². The van der Waals surface area contributed by atoms with E-state index in [9.17, 15) is 8.78 Å². The normalized spacial score (nSPS) is 12.7. The van der Waals surface area contributed by atoms with Gasteiger partial charge < -0.3 is 0 Å². The maximum Gasteiger partial charge on any atom is 0.129 e. The second-order valence-electron chi connectivity index (χ2n) is 3.94. The molecule has 1 heterocycles. The molecule has 2 aromatic rings. The molecule has 0 aliphatic heterocycles. The molecular formula is C12H10Br2F2N2S. The Morgan fingerprint density at radius 3 is 2.53 bits per heavy atom. The van der Waals surface area contributed by atoms with Crippen molar-refractivity contribution in [2.24, 2.45) is 5.84 Å². The predicted octanol–water partition coefficient (Wildman–Crippen LogP) is 4.30. The second kappa shape index (κ2) is 6.41. The Morgan fingerprint density at radius 1 is 1.26 bits per heavy atom. The number of hydrogen-bond donors (Lipinski definition) is 2. The standard InChI is InChI=1S/C12H10Br2F2N2S/c13-11-5-8(12(14)19-11)10(18-17)3-6-1-2-7(15)4-9(6)16/h1-2,4-5,10,18H,3,17H2. The van der Waals surface area contributed by atoms with Gasteiger partial charge in [0.25, 0.3) is 0 Å². The quantitative estimate of drug-likeness (QED) is 0.581. The molecule has 0 bridgehead atoms. The first-order valence-corrected chi connectivity index (χ1v) is 7.76. The van der Waals surface area contributed by atoms with Gasteiger partial charge in [0, 0.05) is 6.07 Å². The predicted molar refractivity (Wildman–Crippen MR) is 79.8 cm³/mol. The molecule has 0 saturated carbocycles. The van der Waals surface area contributed by atoms with Crippen molar-refractivity contribution in [3.8, 4) is 0 Å². The van der Waals surface area contributed by atoms with E-state index in [0.717, 1.165) is 19.2 Å². The van der Waals surface area contributed by atoms with Gasteiger partial charge in [-0.15, -0.1) is 11.3 Å². The molecule has 0 fully saturated rings. The lowest BCUT2D eigenvalue weighted by atomic mass is 10.0. The molecule has 1 atom stereocenters. The van der Waals surface area contributed by atoms with Gasteiger partial charge in [-0.1, -0.05) is 6.07 Å². The van der Waals surface area contributed by atoms with E-state index in [1.807, 2.05) is 6.07 Å². The Kier molecular flexibility index (Phi) is 5.08. The summed E-state index contributed by atoms with van der Waals surface area (Å²) in [5, 5.41) is 0. The number of benzene rings is 1. The highest BCUT2D eigenvalue weighted by Crippen LogP contribution is 2.36. The molecule has 2 rings (SSSR count). The summed E-state index contributed by atoms with van der Waals surface area (Å²) in [5.74, 6) is 4.38. The van der Waals surface area contributed by atoms with E-state index in [-0.39, 0.29) is 6.04 Å². The maximum atomic E-state index is 13.6. The fraction of sp³-hybridized carbons (Fsp3) is 0.167. The molecule has 3 N–H and O–H groups in total.